The van der Waals surface area contributed by atoms with Crippen LogP contribution in [0.15, 0.2) is 11.4 Å². The molecule has 1 N–H and O–H groups in total. The molecule has 0 aromatic carbocycles. The van der Waals surface area contributed by atoms with Crippen molar-refractivity contribution in [1.82, 2.24) is 4.98 Å². The van der Waals surface area contributed by atoms with Crippen LogP contribution in [0, 0.1) is 20.8 Å². The number of halogens is 1. The molecule has 0 radical (unpaired) electrons. The molecule has 0 amide bonds. The van der Waals surface area contributed by atoms with E-state index in [1.54, 1.807) is 6.07 Å². The zero-order valence-corrected chi connectivity index (χ0v) is 10.9. The maximum absolute atomic E-state index is 12.2. The normalized spacial score (nSPS) is 10.8. The molecule has 2 rings (SSSR count). The van der Waals surface area contributed by atoms with Crippen molar-refractivity contribution in [3.63, 3.8) is 0 Å². The average molecular weight is 254 g/mol. The van der Waals surface area contributed by atoms with Crippen LogP contribution in [0.25, 0.3) is 0 Å². The van der Waals surface area contributed by atoms with Gasteiger partial charge in [-0.15, -0.1) is 11.3 Å². The van der Waals surface area contributed by atoms with Crippen molar-refractivity contribution in [3.05, 3.63) is 43.9 Å². The van der Waals surface area contributed by atoms with Gasteiger partial charge in [-0.3, -0.25) is 4.79 Å². The summed E-state index contributed by atoms with van der Waals surface area (Å²) in [6, 6.07) is 1.75. The van der Waals surface area contributed by atoms with Crippen LogP contribution in [0.4, 0.5) is 0 Å². The Balaban J connectivity index is 2.50. The Morgan fingerprint density at radius 3 is 2.44 bits per heavy atom. The third-order valence-electron chi connectivity index (χ3n) is 2.86. The van der Waals surface area contributed by atoms with E-state index in [-0.39, 0.29) is 5.78 Å². The quantitative estimate of drug-likeness (QED) is 0.810. The lowest BCUT2D eigenvalue weighted by molar-refractivity contribution is 0.103. The molecule has 4 heteroatoms. The molecule has 0 saturated heterocycles. The van der Waals surface area contributed by atoms with Gasteiger partial charge in [0.25, 0.3) is 0 Å². The summed E-state index contributed by atoms with van der Waals surface area (Å²) in [5.41, 5.74) is 3.83. The summed E-state index contributed by atoms with van der Waals surface area (Å²) in [5, 5.41) is 2.35. The van der Waals surface area contributed by atoms with Crippen LogP contribution in [-0.4, -0.2) is 10.8 Å². The van der Waals surface area contributed by atoms with Crippen LogP contribution in [0.1, 0.15) is 32.2 Å². The van der Waals surface area contributed by atoms with Crippen LogP contribution in [0.5, 0.6) is 0 Å². The molecule has 0 bridgehead atoms. The van der Waals surface area contributed by atoms with Gasteiger partial charge in [0.05, 0.1) is 15.6 Å². The van der Waals surface area contributed by atoms with Crippen molar-refractivity contribution in [3.8, 4) is 0 Å². The van der Waals surface area contributed by atoms with Crippen molar-refractivity contribution < 1.29 is 4.79 Å². The molecule has 2 nitrogen and oxygen atoms in total. The molecule has 84 valence electrons. The van der Waals surface area contributed by atoms with E-state index in [1.165, 1.54) is 11.3 Å². The van der Waals surface area contributed by atoms with Crippen LogP contribution in [-0.2, 0) is 0 Å². The molecule has 0 saturated carbocycles. The molecule has 0 aliphatic carbocycles. The number of carbonyl (C=O) groups excluding carboxylic acids is 1. The summed E-state index contributed by atoms with van der Waals surface area (Å²) in [4.78, 5) is 15.9. The van der Waals surface area contributed by atoms with Gasteiger partial charge in [0.15, 0.2) is 0 Å². The number of ketones is 1. The van der Waals surface area contributed by atoms with Crippen LogP contribution < -0.4 is 0 Å². The highest BCUT2D eigenvalue weighted by molar-refractivity contribution is 7.13. The maximum Gasteiger partial charge on any atom is 0.220 e. The lowest BCUT2D eigenvalue weighted by atomic mass is 10.1. The van der Waals surface area contributed by atoms with Gasteiger partial charge >= 0.3 is 0 Å². The summed E-state index contributed by atoms with van der Waals surface area (Å²) in [5.74, 6) is -0.0197. The van der Waals surface area contributed by atoms with Crippen molar-refractivity contribution in [2.75, 3.05) is 0 Å². The van der Waals surface area contributed by atoms with Gasteiger partial charge in [0.2, 0.25) is 5.78 Å². The Labute approximate surface area is 103 Å². The molecule has 2 aromatic heterocycles. The largest absolute Gasteiger partial charge is 0.355 e. The Hall–Kier alpha value is -1.06. The molecule has 2 aromatic rings. The van der Waals surface area contributed by atoms with Gasteiger partial charge < -0.3 is 4.98 Å². The number of aromatic amines is 1. The number of hydrogen-bond donors (Lipinski definition) is 1. The van der Waals surface area contributed by atoms with E-state index in [9.17, 15) is 4.79 Å². The highest BCUT2D eigenvalue weighted by Crippen LogP contribution is 2.27. The third kappa shape index (κ3) is 1.70. The van der Waals surface area contributed by atoms with Crippen molar-refractivity contribution in [2.45, 2.75) is 20.8 Å². The monoisotopic (exact) mass is 253 g/mol. The SMILES string of the molecule is Cc1[nH]c(C(=O)c2sccc2Cl)c(C)c1C. The summed E-state index contributed by atoms with van der Waals surface area (Å²) in [6.07, 6.45) is 0. The van der Waals surface area contributed by atoms with E-state index < -0.39 is 0 Å². The first-order valence-corrected chi connectivity index (χ1v) is 6.21. The fraction of sp³-hybridized carbons (Fsp3) is 0.250. The standard InChI is InChI=1S/C12H12ClNOS/c1-6-7(2)10(14-8(6)3)11(15)12-9(13)4-5-16-12/h4-5,14H,1-3H3. The van der Waals surface area contributed by atoms with Gasteiger partial charge in [-0.25, -0.2) is 0 Å². The number of aryl methyl sites for hydroxylation is 1. The summed E-state index contributed by atoms with van der Waals surface area (Å²) >= 11 is 7.33. The Bertz CT molecular complexity index is 553. The second-order valence-corrected chi connectivity index (χ2v) is 5.13. The number of nitrogens with one attached hydrogen (secondary N) is 1. The number of aromatic nitrogens is 1. The van der Waals surface area contributed by atoms with E-state index >= 15 is 0 Å². The summed E-state index contributed by atoms with van der Waals surface area (Å²) in [6.45, 7) is 5.93. The molecule has 2 heterocycles. The summed E-state index contributed by atoms with van der Waals surface area (Å²) < 4.78 is 0. The van der Waals surface area contributed by atoms with Gasteiger partial charge in [-0.1, -0.05) is 11.6 Å². The van der Waals surface area contributed by atoms with Crippen LogP contribution >= 0.6 is 22.9 Å². The zero-order valence-electron chi connectivity index (χ0n) is 9.35. The van der Waals surface area contributed by atoms with Gasteiger partial charge in [0, 0.05) is 5.69 Å². The van der Waals surface area contributed by atoms with E-state index in [4.69, 9.17) is 11.6 Å². The number of hydrogen-bond acceptors (Lipinski definition) is 2. The van der Waals surface area contributed by atoms with Crippen molar-refractivity contribution >= 4 is 28.7 Å². The van der Waals surface area contributed by atoms with Crippen LogP contribution in [0.3, 0.4) is 0 Å². The first-order valence-electron chi connectivity index (χ1n) is 4.95. The highest BCUT2D eigenvalue weighted by atomic mass is 35.5. The van der Waals surface area contributed by atoms with Gasteiger partial charge in [-0.05, 0) is 43.3 Å². The molecule has 0 spiro atoms. The Morgan fingerprint density at radius 1 is 1.31 bits per heavy atom. The predicted molar refractivity (Wildman–Crippen MR) is 67.8 cm³/mol. The fourth-order valence-corrected chi connectivity index (χ4v) is 2.73. The second-order valence-electron chi connectivity index (χ2n) is 3.80. The predicted octanol–water partition coefficient (Wildman–Crippen LogP) is 3.89. The van der Waals surface area contributed by atoms with E-state index in [2.05, 4.69) is 4.98 Å². The molecule has 0 fully saturated rings. The molecule has 0 atom stereocenters. The minimum Gasteiger partial charge on any atom is -0.355 e. The van der Waals surface area contributed by atoms with Crippen molar-refractivity contribution in [2.24, 2.45) is 0 Å². The molecular weight excluding hydrogens is 242 g/mol. The smallest absolute Gasteiger partial charge is 0.220 e. The number of thiophene rings is 1. The minimum absolute atomic E-state index is 0.0197. The minimum atomic E-state index is -0.0197. The molecule has 0 aliphatic heterocycles. The molecule has 16 heavy (non-hydrogen) atoms. The fourth-order valence-electron chi connectivity index (χ4n) is 1.64. The lowest BCUT2D eigenvalue weighted by Gasteiger charge is -1.98. The van der Waals surface area contributed by atoms with Gasteiger partial charge in [-0.2, -0.15) is 0 Å². The van der Waals surface area contributed by atoms with Crippen LogP contribution in [0.2, 0.25) is 5.02 Å². The maximum atomic E-state index is 12.2. The van der Waals surface area contributed by atoms with Gasteiger partial charge in [0.1, 0.15) is 0 Å². The topological polar surface area (TPSA) is 32.9 Å². The number of rotatable bonds is 2. The van der Waals surface area contributed by atoms with Crippen molar-refractivity contribution in [1.29, 1.82) is 0 Å². The molecule has 0 unspecified atom stereocenters. The van der Waals surface area contributed by atoms with E-state index in [1.807, 2.05) is 26.2 Å². The molecule has 0 aliphatic rings. The number of carbonyl (C=O) groups is 1. The second kappa shape index (κ2) is 4.07. The first-order chi connectivity index (χ1) is 7.52. The zero-order chi connectivity index (χ0) is 11.9. The Kier molecular flexibility index (Phi) is 2.91. The lowest BCUT2D eigenvalue weighted by Crippen LogP contribution is -2.02. The highest BCUT2D eigenvalue weighted by Gasteiger charge is 2.19. The van der Waals surface area contributed by atoms with E-state index in [0.29, 0.717) is 15.6 Å². The first kappa shape index (κ1) is 11.4. The summed E-state index contributed by atoms with van der Waals surface area (Å²) in [7, 11) is 0. The average Bonchev–Trinajstić information content (AvgIpc) is 2.77. The van der Waals surface area contributed by atoms with E-state index in [0.717, 1.165) is 16.8 Å². The third-order valence-corrected chi connectivity index (χ3v) is 4.20. The Morgan fingerprint density at radius 2 is 2.00 bits per heavy atom. The number of H-pyrrole nitrogens is 1. The molecular formula is C12H12ClNOS.